The topological polar surface area (TPSA) is 61.8 Å². The summed E-state index contributed by atoms with van der Waals surface area (Å²) >= 11 is 0. The van der Waals surface area contributed by atoms with Crippen molar-refractivity contribution in [3.05, 3.63) is 29.8 Å². The number of fused-ring (bicyclic) bond motifs is 1. The zero-order valence-corrected chi connectivity index (χ0v) is 11.8. The second-order valence-electron chi connectivity index (χ2n) is 4.71. The molecular weight excluding hydrogens is 260 g/mol. The van der Waals surface area contributed by atoms with Crippen LogP contribution >= 0.6 is 0 Å². The summed E-state index contributed by atoms with van der Waals surface area (Å²) < 4.78 is 16.5. The van der Waals surface area contributed by atoms with Gasteiger partial charge in [-0.15, -0.1) is 0 Å². The Morgan fingerprint density at radius 2 is 1.80 bits per heavy atom. The lowest BCUT2D eigenvalue weighted by atomic mass is 9.94. The second-order valence-corrected chi connectivity index (χ2v) is 4.71. The Labute approximate surface area is 117 Å². The highest BCUT2D eigenvalue weighted by molar-refractivity contribution is 5.68. The van der Waals surface area contributed by atoms with Crippen molar-refractivity contribution in [2.45, 2.75) is 45.5 Å². The molecule has 0 spiro atoms. The molecule has 0 aliphatic carbocycles. The van der Waals surface area contributed by atoms with E-state index in [9.17, 15) is 9.59 Å². The van der Waals surface area contributed by atoms with Crippen LogP contribution in [0.2, 0.25) is 0 Å². The molecule has 108 valence electrons. The molecule has 0 aromatic heterocycles. The first-order valence-electron chi connectivity index (χ1n) is 6.63. The Kier molecular flexibility index (Phi) is 4.27. The van der Waals surface area contributed by atoms with Crippen LogP contribution in [0.15, 0.2) is 24.3 Å². The number of rotatable bonds is 3. The number of carbonyl (C=O) groups is 2. The third-order valence-corrected chi connectivity index (χ3v) is 3.17. The highest BCUT2D eigenvalue weighted by Gasteiger charge is 2.41. The minimum Gasteiger partial charge on any atom is -0.486 e. The lowest BCUT2D eigenvalue weighted by Crippen LogP contribution is -2.44. The fourth-order valence-corrected chi connectivity index (χ4v) is 2.38. The summed E-state index contributed by atoms with van der Waals surface area (Å²) in [5.41, 5.74) is 0.721. The first-order chi connectivity index (χ1) is 9.52. The number of hydrogen-bond acceptors (Lipinski definition) is 5. The van der Waals surface area contributed by atoms with Gasteiger partial charge in [0.05, 0.1) is 0 Å². The van der Waals surface area contributed by atoms with E-state index in [1.165, 1.54) is 13.8 Å². The van der Waals surface area contributed by atoms with E-state index in [2.05, 4.69) is 0 Å². The summed E-state index contributed by atoms with van der Waals surface area (Å²) in [7, 11) is 0. The predicted octanol–water partition coefficient (Wildman–Crippen LogP) is 2.39. The fraction of sp³-hybridized carbons (Fsp3) is 0.467. The summed E-state index contributed by atoms with van der Waals surface area (Å²) in [5.74, 6) is -0.179. The van der Waals surface area contributed by atoms with Gasteiger partial charge in [0.25, 0.3) is 0 Å². The molecule has 1 heterocycles. The van der Waals surface area contributed by atoms with Crippen LogP contribution in [-0.4, -0.2) is 24.1 Å². The van der Waals surface area contributed by atoms with Gasteiger partial charge >= 0.3 is 11.9 Å². The largest absolute Gasteiger partial charge is 0.486 e. The molecule has 3 unspecified atom stereocenters. The summed E-state index contributed by atoms with van der Waals surface area (Å²) in [6.45, 7) is 4.60. The Bertz CT molecular complexity index is 511. The Balaban J connectivity index is 2.41. The van der Waals surface area contributed by atoms with Crippen LogP contribution in [-0.2, 0) is 19.1 Å². The molecule has 0 saturated carbocycles. The van der Waals surface area contributed by atoms with Crippen LogP contribution in [0.4, 0.5) is 0 Å². The van der Waals surface area contributed by atoms with Crippen molar-refractivity contribution in [2.24, 2.45) is 0 Å². The molecule has 0 fully saturated rings. The second kappa shape index (κ2) is 5.94. The number of benzene rings is 1. The monoisotopic (exact) mass is 278 g/mol. The molecular formula is C15H18O5. The average Bonchev–Trinajstić information content (AvgIpc) is 2.40. The van der Waals surface area contributed by atoms with Gasteiger partial charge in [-0.2, -0.15) is 0 Å². The molecule has 20 heavy (non-hydrogen) atoms. The van der Waals surface area contributed by atoms with Crippen LogP contribution in [0.3, 0.4) is 0 Å². The Hall–Kier alpha value is -2.04. The molecule has 5 nitrogen and oxygen atoms in total. The maximum Gasteiger partial charge on any atom is 0.303 e. The quantitative estimate of drug-likeness (QED) is 0.794. The predicted molar refractivity (Wildman–Crippen MR) is 71.2 cm³/mol. The average molecular weight is 278 g/mol. The van der Waals surface area contributed by atoms with E-state index >= 15 is 0 Å². The van der Waals surface area contributed by atoms with Crippen LogP contribution in [0.5, 0.6) is 5.75 Å². The van der Waals surface area contributed by atoms with Crippen LogP contribution in [0.25, 0.3) is 0 Å². The van der Waals surface area contributed by atoms with E-state index in [1.807, 2.05) is 31.2 Å². The summed E-state index contributed by atoms with van der Waals surface area (Å²) in [6.07, 6.45) is -0.954. The van der Waals surface area contributed by atoms with Gasteiger partial charge in [-0.3, -0.25) is 9.59 Å². The van der Waals surface area contributed by atoms with Gasteiger partial charge in [0.15, 0.2) is 12.2 Å². The number of hydrogen-bond donors (Lipinski definition) is 0. The third-order valence-electron chi connectivity index (χ3n) is 3.17. The molecule has 0 radical (unpaired) electrons. The SMILES string of the molecule is CCC1Oc2ccccc2C(OC(C)=O)C1OC(C)=O. The van der Waals surface area contributed by atoms with Gasteiger partial charge in [-0.1, -0.05) is 25.1 Å². The van der Waals surface area contributed by atoms with E-state index in [4.69, 9.17) is 14.2 Å². The zero-order valence-electron chi connectivity index (χ0n) is 11.8. The minimum atomic E-state index is -0.633. The first kappa shape index (κ1) is 14.4. The number of esters is 2. The molecule has 1 aliphatic rings. The maximum absolute atomic E-state index is 11.3. The molecule has 5 heteroatoms. The molecule has 1 aromatic carbocycles. The summed E-state index contributed by atoms with van der Waals surface area (Å²) in [5, 5.41) is 0. The molecule has 2 rings (SSSR count). The van der Waals surface area contributed by atoms with Crippen molar-refractivity contribution in [3.63, 3.8) is 0 Å². The van der Waals surface area contributed by atoms with Gasteiger partial charge in [0.2, 0.25) is 0 Å². The lowest BCUT2D eigenvalue weighted by Gasteiger charge is -2.37. The fourth-order valence-electron chi connectivity index (χ4n) is 2.38. The van der Waals surface area contributed by atoms with Gasteiger partial charge < -0.3 is 14.2 Å². The smallest absolute Gasteiger partial charge is 0.303 e. The molecule has 0 bridgehead atoms. The van der Waals surface area contributed by atoms with Crippen molar-refractivity contribution < 1.29 is 23.8 Å². The van der Waals surface area contributed by atoms with Crippen molar-refractivity contribution in [1.29, 1.82) is 0 Å². The van der Waals surface area contributed by atoms with Crippen LogP contribution in [0.1, 0.15) is 38.9 Å². The van der Waals surface area contributed by atoms with Gasteiger partial charge in [0, 0.05) is 19.4 Å². The Morgan fingerprint density at radius 3 is 2.40 bits per heavy atom. The molecule has 0 saturated heterocycles. The summed E-state index contributed by atoms with van der Waals surface area (Å²) in [4.78, 5) is 22.6. The highest BCUT2D eigenvalue weighted by Crippen LogP contribution is 2.39. The van der Waals surface area contributed by atoms with Gasteiger partial charge in [-0.25, -0.2) is 0 Å². The van der Waals surface area contributed by atoms with E-state index in [1.54, 1.807) is 0 Å². The molecule has 1 aromatic rings. The third kappa shape index (κ3) is 2.92. The van der Waals surface area contributed by atoms with Crippen molar-refractivity contribution >= 4 is 11.9 Å². The van der Waals surface area contributed by atoms with E-state index in [0.29, 0.717) is 12.2 Å². The van der Waals surface area contributed by atoms with Crippen LogP contribution in [0, 0.1) is 0 Å². The molecule has 1 aliphatic heterocycles. The maximum atomic E-state index is 11.3. The zero-order chi connectivity index (χ0) is 14.7. The van der Waals surface area contributed by atoms with Crippen molar-refractivity contribution in [2.75, 3.05) is 0 Å². The molecule has 0 amide bonds. The number of carbonyl (C=O) groups excluding carboxylic acids is 2. The van der Waals surface area contributed by atoms with E-state index in [0.717, 1.165) is 5.56 Å². The first-order valence-corrected chi connectivity index (χ1v) is 6.63. The lowest BCUT2D eigenvalue weighted by molar-refractivity contribution is -0.177. The van der Waals surface area contributed by atoms with Gasteiger partial charge in [0.1, 0.15) is 11.9 Å². The molecule has 0 N–H and O–H groups in total. The standard InChI is InChI=1S/C15H18O5/c1-4-12-15(19-10(3)17)14(18-9(2)16)11-7-5-6-8-13(11)20-12/h5-8,12,14-15H,4H2,1-3H3. The Morgan fingerprint density at radius 1 is 1.15 bits per heavy atom. The number of para-hydroxylation sites is 1. The molecule has 3 atom stereocenters. The highest BCUT2D eigenvalue weighted by atomic mass is 16.6. The van der Waals surface area contributed by atoms with Gasteiger partial charge in [-0.05, 0) is 12.5 Å². The number of ether oxygens (including phenoxy) is 3. The normalized spacial score (nSPS) is 24.2. The van der Waals surface area contributed by atoms with E-state index in [-0.39, 0.29) is 6.10 Å². The van der Waals surface area contributed by atoms with Crippen molar-refractivity contribution in [1.82, 2.24) is 0 Å². The summed E-state index contributed by atoms with van der Waals surface area (Å²) in [6, 6.07) is 7.31. The van der Waals surface area contributed by atoms with Crippen LogP contribution < -0.4 is 4.74 Å². The van der Waals surface area contributed by atoms with E-state index < -0.39 is 24.1 Å². The van der Waals surface area contributed by atoms with Crippen molar-refractivity contribution in [3.8, 4) is 5.75 Å². The minimum absolute atomic E-state index is 0.335.